The highest BCUT2D eigenvalue weighted by Gasteiger charge is 2.35. The lowest BCUT2D eigenvalue weighted by Gasteiger charge is -2.42. The van der Waals surface area contributed by atoms with Crippen molar-refractivity contribution < 1.29 is 4.79 Å². The number of hydrogen-bond donors (Lipinski definition) is 1. The molecule has 7 nitrogen and oxygen atoms in total. The van der Waals surface area contributed by atoms with Crippen molar-refractivity contribution >= 4 is 11.9 Å². The zero-order chi connectivity index (χ0) is 17.9. The lowest BCUT2D eigenvalue weighted by Crippen LogP contribution is -2.49. The molecular weight excluding hydrogens is 330 g/mol. The Labute approximate surface area is 152 Å². The number of likely N-dealkylation sites (tertiary alicyclic amines) is 1. The van der Waals surface area contributed by atoms with E-state index < -0.39 is 0 Å². The van der Waals surface area contributed by atoms with Gasteiger partial charge in [-0.1, -0.05) is 6.07 Å². The summed E-state index contributed by atoms with van der Waals surface area (Å²) in [5.41, 5.74) is 1.15. The monoisotopic (exact) mass is 353 g/mol. The molecule has 0 aromatic carbocycles. The lowest BCUT2D eigenvalue weighted by molar-refractivity contribution is -0.134. The minimum Gasteiger partial charge on any atom is -0.354 e. The van der Waals surface area contributed by atoms with Crippen molar-refractivity contribution in [3.63, 3.8) is 0 Å². The van der Waals surface area contributed by atoms with Crippen LogP contribution < -0.4 is 10.9 Å². The van der Waals surface area contributed by atoms with Gasteiger partial charge in [-0.15, -0.1) is 0 Å². The van der Waals surface area contributed by atoms with Crippen LogP contribution in [0.3, 0.4) is 0 Å². The second kappa shape index (κ2) is 7.27. The summed E-state index contributed by atoms with van der Waals surface area (Å²) in [6, 6.07) is 7.25. The van der Waals surface area contributed by atoms with Crippen molar-refractivity contribution in [3.05, 3.63) is 52.7 Å². The van der Waals surface area contributed by atoms with Gasteiger partial charge in [-0.2, -0.15) is 0 Å². The third-order valence-corrected chi connectivity index (χ3v) is 5.25. The van der Waals surface area contributed by atoms with E-state index in [2.05, 4.69) is 15.3 Å². The van der Waals surface area contributed by atoms with Gasteiger partial charge in [-0.05, 0) is 30.9 Å². The molecule has 4 rings (SSSR count). The van der Waals surface area contributed by atoms with Crippen LogP contribution in [0.2, 0.25) is 0 Å². The largest absolute Gasteiger partial charge is 0.354 e. The van der Waals surface area contributed by atoms with Crippen molar-refractivity contribution in [2.24, 2.45) is 5.92 Å². The van der Waals surface area contributed by atoms with E-state index in [4.69, 9.17) is 0 Å². The van der Waals surface area contributed by atoms with Crippen LogP contribution in [-0.4, -0.2) is 45.0 Å². The lowest BCUT2D eigenvalue weighted by atomic mass is 9.83. The Hall–Kier alpha value is -2.70. The molecule has 0 radical (unpaired) electrons. The standard InChI is InChI=1S/C19H23N5O2/c25-17(6-2-7-20-19-21-8-3-9-22-19)23-11-14-10-15(13-23)16-4-1-5-18(26)24(16)12-14/h1,3-5,8-9,14-15H,2,6-7,10-13H2,(H,20,21,22). The fraction of sp³-hybridized carbons (Fsp3) is 0.474. The predicted molar refractivity (Wildman–Crippen MR) is 97.9 cm³/mol. The molecule has 7 heteroatoms. The molecule has 1 saturated heterocycles. The van der Waals surface area contributed by atoms with E-state index in [0.29, 0.717) is 31.4 Å². The maximum Gasteiger partial charge on any atom is 0.250 e. The molecule has 2 unspecified atom stereocenters. The van der Waals surface area contributed by atoms with Crippen molar-refractivity contribution in [1.29, 1.82) is 0 Å². The maximum absolute atomic E-state index is 12.6. The number of anilines is 1. The van der Waals surface area contributed by atoms with Crippen LogP contribution in [0.1, 0.15) is 30.9 Å². The van der Waals surface area contributed by atoms with Gasteiger partial charge in [0.2, 0.25) is 11.9 Å². The molecule has 1 amide bonds. The summed E-state index contributed by atoms with van der Waals surface area (Å²) >= 11 is 0. The van der Waals surface area contributed by atoms with Gasteiger partial charge >= 0.3 is 0 Å². The Balaban J connectivity index is 1.32. The normalized spacial score (nSPS) is 21.2. The number of pyridine rings is 1. The van der Waals surface area contributed by atoms with E-state index in [1.807, 2.05) is 21.6 Å². The van der Waals surface area contributed by atoms with E-state index in [0.717, 1.165) is 31.6 Å². The van der Waals surface area contributed by atoms with Crippen molar-refractivity contribution in [2.45, 2.75) is 31.7 Å². The fourth-order valence-electron chi connectivity index (χ4n) is 4.09. The Morgan fingerprint density at radius 2 is 2.00 bits per heavy atom. The highest BCUT2D eigenvalue weighted by atomic mass is 16.2. The molecule has 2 bridgehead atoms. The van der Waals surface area contributed by atoms with Crippen LogP contribution in [-0.2, 0) is 11.3 Å². The molecule has 26 heavy (non-hydrogen) atoms. The Bertz CT molecular complexity index is 835. The van der Waals surface area contributed by atoms with Gasteiger partial charge in [0.1, 0.15) is 0 Å². The first kappa shape index (κ1) is 16.8. The average molecular weight is 353 g/mol. The number of amides is 1. The maximum atomic E-state index is 12.6. The SMILES string of the molecule is O=C(CCCNc1ncccn1)N1CC2CC(C1)c1cccc(=O)n1C2. The zero-order valence-corrected chi connectivity index (χ0v) is 14.7. The first-order chi connectivity index (χ1) is 12.7. The molecule has 2 aliphatic rings. The van der Waals surface area contributed by atoms with E-state index >= 15 is 0 Å². The highest BCUT2D eigenvalue weighted by molar-refractivity contribution is 5.76. The van der Waals surface area contributed by atoms with Crippen molar-refractivity contribution in [1.82, 2.24) is 19.4 Å². The van der Waals surface area contributed by atoms with Crippen LogP contribution in [0, 0.1) is 5.92 Å². The van der Waals surface area contributed by atoms with Crippen molar-refractivity contribution in [3.8, 4) is 0 Å². The van der Waals surface area contributed by atoms with Crippen LogP contribution in [0.15, 0.2) is 41.5 Å². The Morgan fingerprint density at radius 1 is 1.15 bits per heavy atom. The first-order valence-corrected chi connectivity index (χ1v) is 9.19. The van der Waals surface area contributed by atoms with Crippen LogP contribution >= 0.6 is 0 Å². The molecule has 4 heterocycles. The number of carbonyl (C=O) groups excluding carboxylic acids is 1. The third kappa shape index (κ3) is 3.47. The number of nitrogens with zero attached hydrogens (tertiary/aromatic N) is 4. The van der Waals surface area contributed by atoms with Gasteiger partial charge in [0, 0.05) is 62.7 Å². The summed E-state index contributed by atoms with van der Waals surface area (Å²) < 4.78 is 1.89. The summed E-state index contributed by atoms with van der Waals surface area (Å²) in [5.74, 6) is 1.44. The Kier molecular flexibility index (Phi) is 4.69. The van der Waals surface area contributed by atoms with Crippen molar-refractivity contribution in [2.75, 3.05) is 25.0 Å². The molecule has 2 aromatic heterocycles. The van der Waals surface area contributed by atoms with E-state index in [-0.39, 0.29) is 17.4 Å². The van der Waals surface area contributed by atoms with Crippen LogP contribution in [0.5, 0.6) is 0 Å². The van der Waals surface area contributed by atoms with Crippen LogP contribution in [0.4, 0.5) is 5.95 Å². The quantitative estimate of drug-likeness (QED) is 0.824. The number of rotatable bonds is 5. The van der Waals surface area contributed by atoms with Gasteiger partial charge in [-0.3, -0.25) is 9.59 Å². The molecule has 2 aromatic rings. The molecule has 136 valence electrons. The van der Waals surface area contributed by atoms with Gasteiger partial charge in [0.25, 0.3) is 5.56 Å². The first-order valence-electron chi connectivity index (χ1n) is 9.19. The molecule has 1 N–H and O–H groups in total. The highest BCUT2D eigenvalue weighted by Crippen LogP contribution is 2.35. The topological polar surface area (TPSA) is 80.1 Å². The molecule has 0 spiro atoms. The minimum atomic E-state index is 0.0752. The number of carbonyl (C=O) groups is 1. The molecular formula is C19H23N5O2. The van der Waals surface area contributed by atoms with E-state index in [9.17, 15) is 9.59 Å². The number of piperidine rings is 1. The minimum absolute atomic E-state index is 0.0752. The second-order valence-corrected chi connectivity index (χ2v) is 7.10. The zero-order valence-electron chi connectivity index (χ0n) is 14.7. The number of aromatic nitrogens is 3. The summed E-state index contributed by atoms with van der Waals surface area (Å²) in [7, 11) is 0. The molecule has 1 fully saturated rings. The number of fused-ring (bicyclic) bond motifs is 4. The average Bonchev–Trinajstić information content (AvgIpc) is 2.67. The smallest absolute Gasteiger partial charge is 0.250 e. The van der Waals surface area contributed by atoms with Gasteiger partial charge in [0.05, 0.1) is 0 Å². The number of hydrogen-bond acceptors (Lipinski definition) is 5. The molecule has 2 atom stereocenters. The predicted octanol–water partition coefficient (Wildman–Crippen LogP) is 1.48. The van der Waals surface area contributed by atoms with Gasteiger partial charge < -0.3 is 14.8 Å². The molecule has 2 aliphatic heterocycles. The molecule has 0 saturated carbocycles. The third-order valence-electron chi connectivity index (χ3n) is 5.25. The Morgan fingerprint density at radius 3 is 2.85 bits per heavy atom. The second-order valence-electron chi connectivity index (χ2n) is 7.10. The van der Waals surface area contributed by atoms with Gasteiger partial charge in [-0.25, -0.2) is 9.97 Å². The molecule has 0 aliphatic carbocycles. The van der Waals surface area contributed by atoms with E-state index in [1.165, 1.54) is 0 Å². The van der Waals surface area contributed by atoms with Crippen LogP contribution in [0.25, 0.3) is 0 Å². The summed E-state index contributed by atoms with van der Waals surface area (Å²) in [6.45, 7) is 2.87. The summed E-state index contributed by atoms with van der Waals surface area (Å²) in [6.07, 6.45) is 5.71. The summed E-state index contributed by atoms with van der Waals surface area (Å²) in [5, 5.41) is 3.13. The van der Waals surface area contributed by atoms with E-state index in [1.54, 1.807) is 24.5 Å². The number of nitrogens with one attached hydrogen (secondary N) is 1. The summed E-state index contributed by atoms with van der Waals surface area (Å²) in [4.78, 5) is 34.9. The fourth-order valence-corrected chi connectivity index (χ4v) is 4.09. The van der Waals surface area contributed by atoms with Gasteiger partial charge in [0.15, 0.2) is 0 Å².